The first-order chi connectivity index (χ1) is 27.7. The number of unbranched alkanes of at least 4 members (excludes halogenated alkanes) is 33. The Morgan fingerprint density at radius 3 is 1.12 bits per heavy atom. The Bertz CT molecular complexity index is 833. The van der Waals surface area contributed by atoms with E-state index in [0.29, 0.717) is 19.6 Å². The van der Waals surface area contributed by atoms with Gasteiger partial charge in [-0.1, -0.05) is 243 Å². The highest BCUT2D eigenvalue weighted by molar-refractivity contribution is 5.69. The van der Waals surface area contributed by atoms with E-state index in [0.717, 1.165) is 32.1 Å². The van der Waals surface area contributed by atoms with Crippen LogP contribution < -0.4 is 0 Å². The quantitative estimate of drug-likeness (QED) is 0.0379. The lowest BCUT2D eigenvalue weighted by Crippen LogP contribution is -2.27. The predicted octanol–water partition coefficient (Wildman–Crippen LogP) is 16.8. The molecule has 0 fully saturated rings. The topological polar surface area (TPSA) is 55.8 Å². The number of allylic oxidation sites excluding steroid dienone is 6. The minimum Gasteiger partial charge on any atom is -0.457 e. The van der Waals surface area contributed by atoms with Crippen molar-refractivity contribution >= 4 is 5.97 Å². The maximum atomic E-state index is 12.3. The second-order valence-corrected chi connectivity index (χ2v) is 16.9. The summed E-state index contributed by atoms with van der Waals surface area (Å²) in [5, 5.41) is 9.64. The zero-order valence-corrected chi connectivity index (χ0v) is 37.9. The van der Waals surface area contributed by atoms with Gasteiger partial charge in [0, 0.05) is 13.0 Å². The van der Waals surface area contributed by atoms with E-state index in [2.05, 4.69) is 50.3 Å². The van der Waals surface area contributed by atoms with E-state index in [4.69, 9.17) is 9.47 Å². The smallest absolute Gasteiger partial charge is 0.306 e. The van der Waals surface area contributed by atoms with Crippen molar-refractivity contribution in [2.45, 2.75) is 270 Å². The normalized spacial score (nSPS) is 12.6. The van der Waals surface area contributed by atoms with Crippen LogP contribution in [-0.4, -0.2) is 37.0 Å². The SMILES string of the molecule is CCCCCCC/C=C\C/C=C\C/C=C\CCCCCCCCCCC(=O)OC(CO)COCCCCCCCCCCCCCCCCCCCCCCC. The molecule has 0 heterocycles. The van der Waals surface area contributed by atoms with Gasteiger partial charge in [-0.2, -0.15) is 0 Å². The van der Waals surface area contributed by atoms with E-state index in [1.54, 1.807) is 0 Å². The van der Waals surface area contributed by atoms with E-state index in [1.165, 1.54) is 212 Å². The van der Waals surface area contributed by atoms with Crippen molar-refractivity contribution in [2.75, 3.05) is 19.8 Å². The third-order valence-electron chi connectivity index (χ3n) is 11.2. The average Bonchev–Trinajstić information content (AvgIpc) is 3.20. The highest BCUT2D eigenvalue weighted by Crippen LogP contribution is 2.16. The number of aliphatic hydroxyl groups excluding tert-OH is 1. The summed E-state index contributed by atoms with van der Waals surface area (Å²) in [6, 6.07) is 0. The molecule has 4 heteroatoms. The molecule has 0 rings (SSSR count). The Kier molecular flexibility index (Phi) is 48.5. The van der Waals surface area contributed by atoms with E-state index in [-0.39, 0.29) is 12.6 Å². The molecule has 0 saturated heterocycles. The minimum atomic E-state index is -0.536. The number of aliphatic hydroxyl groups is 1. The highest BCUT2D eigenvalue weighted by Gasteiger charge is 2.13. The molecule has 1 unspecified atom stereocenters. The third kappa shape index (κ3) is 47.0. The third-order valence-corrected chi connectivity index (χ3v) is 11.2. The molecule has 0 spiro atoms. The number of ether oxygens (including phenoxy) is 2. The Morgan fingerprint density at radius 1 is 0.429 bits per heavy atom. The number of hydrogen-bond acceptors (Lipinski definition) is 4. The average molecular weight is 787 g/mol. The summed E-state index contributed by atoms with van der Waals surface area (Å²) in [4.78, 5) is 12.3. The van der Waals surface area contributed by atoms with Gasteiger partial charge < -0.3 is 14.6 Å². The second-order valence-electron chi connectivity index (χ2n) is 16.9. The second kappa shape index (κ2) is 49.8. The fourth-order valence-electron chi connectivity index (χ4n) is 7.46. The van der Waals surface area contributed by atoms with Crippen molar-refractivity contribution in [1.29, 1.82) is 0 Å². The van der Waals surface area contributed by atoms with Gasteiger partial charge in [0.2, 0.25) is 0 Å². The van der Waals surface area contributed by atoms with Gasteiger partial charge >= 0.3 is 5.97 Å². The van der Waals surface area contributed by atoms with Gasteiger partial charge in [-0.05, 0) is 51.4 Å². The van der Waals surface area contributed by atoms with Crippen LogP contribution in [0.1, 0.15) is 264 Å². The molecular formula is C52H98O4. The van der Waals surface area contributed by atoms with Crippen LogP contribution in [0.2, 0.25) is 0 Å². The lowest BCUT2D eigenvalue weighted by atomic mass is 10.0. The molecule has 56 heavy (non-hydrogen) atoms. The van der Waals surface area contributed by atoms with Crippen LogP contribution >= 0.6 is 0 Å². The monoisotopic (exact) mass is 787 g/mol. The Hall–Kier alpha value is -1.39. The first kappa shape index (κ1) is 54.6. The number of carbonyl (C=O) groups is 1. The summed E-state index contributed by atoms with van der Waals surface area (Å²) in [6.45, 7) is 5.37. The van der Waals surface area contributed by atoms with Gasteiger partial charge in [-0.25, -0.2) is 0 Å². The van der Waals surface area contributed by atoms with Crippen LogP contribution in [0.4, 0.5) is 0 Å². The van der Waals surface area contributed by atoms with Gasteiger partial charge in [0.15, 0.2) is 0 Å². The van der Waals surface area contributed by atoms with Crippen molar-refractivity contribution in [3.63, 3.8) is 0 Å². The first-order valence-corrected chi connectivity index (χ1v) is 25.1. The number of esters is 1. The summed E-state index contributed by atoms with van der Waals surface area (Å²) in [6.07, 6.45) is 63.7. The molecule has 1 N–H and O–H groups in total. The summed E-state index contributed by atoms with van der Waals surface area (Å²) in [7, 11) is 0. The van der Waals surface area contributed by atoms with Crippen LogP contribution in [-0.2, 0) is 14.3 Å². The molecule has 0 aromatic rings. The van der Waals surface area contributed by atoms with Crippen LogP contribution in [0, 0.1) is 0 Å². The summed E-state index contributed by atoms with van der Waals surface area (Å²) < 4.78 is 11.2. The maximum Gasteiger partial charge on any atom is 0.306 e. The Morgan fingerprint density at radius 2 is 0.750 bits per heavy atom. The molecule has 0 radical (unpaired) electrons. The molecule has 0 aliphatic carbocycles. The Labute approximate surface area is 350 Å². The lowest BCUT2D eigenvalue weighted by molar-refractivity contribution is -0.154. The predicted molar refractivity (Wildman–Crippen MR) is 247 cm³/mol. The molecular weight excluding hydrogens is 689 g/mol. The Balaban J connectivity index is 3.40. The summed E-state index contributed by atoms with van der Waals surface area (Å²) >= 11 is 0. The zero-order chi connectivity index (χ0) is 40.5. The highest BCUT2D eigenvalue weighted by atomic mass is 16.6. The molecule has 0 saturated carbocycles. The standard InChI is InChI=1S/C52H98O4/c1-3-5-7-9-11-13-15-17-19-21-23-25-26-27-29-31-33-35-37-39-41-43-45-47-52(54)56-51(49-53)50-55-48-46-44-42-40-38-36-34-32-30-28-24-22-20-18-16-14-12-10-8-6-4-2/h15,17,21,23,26-27,51,53H,3-14,16,18-20,22,24-25,28-50H2,1-2H3/b17-15-,23-21-,27-26-. The van der Waals surface area contributed by atoms with Gasteiger partial charge in [0.05, 0.1) is 13.2 Å². The molecule has 0 aromatic heterocycles. The van der Waals surface area contributed by atoms with E-state index >= 15 is 0 Å². The fraction of sp³-hybridized carbons (Fsp3) is 0.865. The molecule has 0 amide bonds. The minimum absolute atomic E-state index is 0.172. The molecule has 330 valence electrons. The zero-order valence-electron chi connectivity index (χ0n) is 37.9. The summed E-state index contributed by atoms with van der Waals surface area (Å²) in [5.41, 5.74) is 0. The van der Waals surface area contributed by atoms with E-state index in [1.807, 2.05) is 0 Å². The van der Waals surface area contributed by atoms with Gasteiger partial charge in [0.25, 0.3) is 0 Å². The van der Waals surface area contributed by atoms with E-state index in [9.17, 15) is 9.90 Å². The number of hydrogen-bond donors (Lipinski definition) is 1. The van der Waals surface area contributed by atoms with Gasteiger partial charge in [0.1, 0.15) is 6.10 Å². The lowest BCUT2D eigenvalue weighted by Gasteiger charge is -2.16. The van der Waals surface area contributed by atoms with Crippen LogP contribution in [0.3, 0.4) is 0 Å². The van der Waals surface area contributed by atoms with Gasteiger partial charge in [-0.3, -0.25) is 4.79 Å². The van der Waals surface area contributed by atoms with Gasteiger partial charge in [-0.15, -0.1) is 0 Å². The molecule has 0 aromatic carbocycles. The van der Waals surface area contributed by atoms with Crippen LogP contribution in [0.25, 0.3) is 0 Å². The maximum absolute atomic E-state index is 12.3. The number of rotatable bonds is 47. The molecule has 4 nitrogen and oxygen atoms in total. The molecule has 1 atom stereocenters. The number of carbonyl (C=O) groups excluding carboxylic acids is 1. The van der Waals surface area contributed by atoms with Crippen LogP contribution in [0.5, 0.6) is 0 Å². The van der Waals surface area contributed by atoms with Crippen LogP contribution in [0.15, 0.2) is 36.5 Å². The van der Waals surface area contributed by atoms with Crippen molar-refractivity contribution in [1.82, 2.24) is 0 Å². The van der Waals surface area contributed by atoms with E-state index < -0.39 is 6.10 Å². The first-order valence-electron chi connectivity index (χ1n) is 25.1. The largest absolute Gasteiger partial charge is 0.457 e. The summed E-state index contributed by atoms with van der Waals surface area (Å²) in [5.74, 6) is -0.203. The fourth-order valence-corrected chi connectivity index (χ4v) is 7.46. The molecule has 0 aliphatic rings. The van der Waals surface area contributed by atoms with Crippen molar-refractivity contribution in [2.24, 2.45) is 0 Å². The van der Waals surface area contributed by atoms with Crippen molar-refractivity contribution < 1.29 is 19.4 Å². The van der Waals surface area contributed by atoms with Crippen molar-refractivity contribution in [3.8, 4) is 0 Å². The molecule has 0 aliphatic heterocycles. The van der Waals surface area contributed by atoms with Crippen molar-refractivity contribution in [3.05, 3.63) is 36.5 Å². The molecule has 0 bridgehead atoms.